The van der Waals surface area contributed by atoms with E-state index in [1.807, 2.05) is 11.5 Å². The Labute approximate surface area is 107 Å². The number of fused-ring (bicyclic) bond motifs is 1. The molecule has 1 amide bonds. The van der Waals surface area contributed by atoms with Crippen molar-refractivity contribution < 1.29 is 9.53 Å². The number of rotatable bonds is 5. The SMILES string of the molecule is CCC(COC)NC(=O)c1cn2c(n1)NCCC2. The maximum absolute atomic E-state index is 12.0. The highest BCUT2D eigenvalue weighted by Gasteiger charge is 2.18. The number of carbonyl (C=O) groups excluding carboxylic acids is 1. The Morgan fingerprint density at radius 3 is 3.22 bits per heavy atom. The second kappa shape index (κ2) is 5.86. The molecule has 0 radical (unpaired) electrons. The number of methoxy groups -OCH3 is 1. The van der Waals surface area contributed by atoms with Crippen LogP contribution in [-0.4, -0.2) is 41.8 Å². The summed E-state index contributed by atoms with van der Waals surface area (Å²) < 4.78 is 7.04. The van der Waals surface area contributed by atoms with Gasteiger partial charge in [0.05, 0.1) is 12.6 Å². The second-order valence-corrected chi connectivity index (χ2v) is 4.46. The zero-order valence-electron chi connectivity index (χ0n) is 10.9. The molecule has 2 rings (SSSR count). The van der Waals surface area contributed by atoms with Crippen LogP contribution in [0.1, 0.15) is 30.3 Å². The zero-order valence-corrected chi connectivity index (χ0v) is 10.9. The molecule has 18 heavy (non-hydrogen) atoms. The highest BCUT2D eigenvalue weighted by atomic mass is 16.5. The summed E-state index contributed by atoms with van der Waals surface area (Å²) in [7, 11) is 1.63. The summed E-state index contributed by atoms with van der Waals surface area (Å²) in [5, 5.41) is 6.10. The van der Waals surface area contributed by atoms with Crippen LogP contribution < -0.4 is 10.6 Å². The third kappa shape index (κ3) is 2.81. The molecule has 0 fully saturated rings. The van der Waals surface area contributed by atoms with Gasteiger partial charge in [-0.15, -0.1) is 0 Å². The summed E-state index contributed by atoms with van der Waals surface area (Å²) in [6.45, 7) is 4.37. The highest BCUT2D eigenvalue weighted by Crippen LogP contribution is 2.14. The van der Waals surface area contributed by atoms with Crippen molar-refractivity contribution in [3.05, 3.63) is 11.9 Å². The molecule has 1 aromatic heterocycles. The van der Waals surface area contributed by atoms with Gasteiger partial charge < -0.3 is 19.9 Å². The molecule has 6 nitrogen and oxygen atoms in total. The first kappa shape index (κ1) is 12.9. The lowest BCUT2D eigenvalue weighted by Gasteiger charge is -2.14. The van der Waals surface area contributed by atoms with E-state index >= 15 is 0 Å². The number of carbonyl (C=O) groups is 1. The average Bonchev–Trinajstić information content (AvgIpc) is 2.82. The molecule has 2 N–H and O–H groups in total. The van der Waals surface area contributed by atoms with E-state index in [2.05, 4.69) is 15.6 Å². The molecular weight excluding hydrogens is 232 g/mol. The number of nitrogens with one attached hydrogen (secondary N) is 2. The molecule has 1 aliphatic rings. The molecule has 1 unspecified atom stereocenters. The van der Waals surface area contributed by atoms with E-state index in [1.54, 1.807) is 13.3 Å². The van der Waals surface area contributed by atoms with Gasteiger partial charge in [0.2, 0.25) is 5.95 Å². The Morgan fingerprint density at radius 2 is 2.56 bits per heavy atom. The fourth-order valence-electron chi connectivity index (χ4n) is 2.01. The van der Waals surface area contributed by atoms with Gasteiger partial charge in [-0.05, 0) is 12.8 Å². The van der Waals surface area contributed by atoms with Gasteiger partial charge in [0, 0.05) is 26.4 Å². The fraction of sp³-hybridized carbons (Fsp3) is 0.667. The molecule has 1 aliphatic heterocycles. The molecule has 0 spiro atoms. The number of aromatic nitrogens is 2. The maximum atomic E-state index is 12.0. The topological polar surface area (TPSA) is 68.2 Å². The maximum Gasteiger partial charge on any atom is 0.271 e. The van der Waals surface area contributed by atoms with Crippen molar-refractivity contribution in [1.82, 2.24) is 14.9 Å². The van der Waals surface area contributed by atoms with Gasteiger partial charge in [-0.25, -0.2) is 4.98 Å². The molecule has 0 bridgehead atoms. The Bertz CT molecular complexity index is 393. The Kier molecular flexibility index (Phi) is 4.19. The molecule has 100 valence electrons. The normalized spacial score (nSPS) is 15.7. The van der Waals surface area contributed by atoms with Crippen LogP contribution in [0.15, 0.2) is 6.20 Å². The van der Waals surface area contributed by atoms with E-state index in [4.69, 9.17) is 4.74 Å². The summed E-state index contributed by atoms with van der Waals surface area (Å²) in [6, 6.07) is 0.0363. The highest BCUT2D eigenvalue weighted by molar-refractivity contribution is 5.92. The number of imidazole rings is 1. The number of aryl methyl sites for hydroxylation is 1. The van der Waals surface area contributed by atoms with Crippen LogP contribution >= 0.6 is 0 Å². The van der Waals surface area contributed by atoms with Crippen molar-refractivity contribution in [3.63, 3.8) is 0 Å². The molecular formula is C12H20N4O2. The van der Waals surface area contributed by atoms with E-state index < -0.39 is 0 Å². The van der Waals surface area contributed by atoms with Crippen LogP contribution in [-0.2, 0) is 11.3 Å². The number of nitrogens with zero attached hydrogens (tertiary/aromatic N) is 2. The van der Waals surface area contributed by atoms with Gasteiger partial charge in [-0.3, -0.25) is 4.79 Å². The standard InChI is InChI=1S/C12H20N4O2/c1-3-9(8-18-2)14-11(17)10-7-16-6-4-5-13-12(16)15-10/h7,9H,3-6,8H2,1-2H3,(H,13,15)(H,14,17). The minimum absolute atomic E-state index is 0.0363. The van der Waals surface area contributed by atoms with E-state index in [0.29, 0.717) is 12.3 Å². The van der Waals surface area contributed by atoms with Crippen LogP contribution in [0, 0.1) is 0 Å². The number of amides is 1. The lowest BCUT2D eigenvalue weighted by Crippen LogP contribution is -2.37. The summed E-state index contributed by atoms with van der Waals surface area (Å²) in [5.74, 6) is 0.647. The Morgan fingerprint density at radius 1 is 1.72 bits per heavy atom. The minimum atomic E-state index is -0.136. The summed E-state index contributed by atoms with van der Waals surface area (Å²) >= 11 is 0. The predicted molar refractivity (Wildman–Crippen MR) is 68.8 cm³/mol. The number of hydrogen-bond acceptors (Lipinski definition) is 4. The van der Waals surface area contributed by atoms with Gasteiger partial charge in [0.15, 0.2) is 0 Å². The monoisotopic (exact) mass is 252 g/mol. The summed E-state index contributed by atoms with van der Waals surface area (Å²) in [4.78, 5) is 16.3. The molecule has 6 heteroatoms. The number of anilines is 1. The van der Waals surface area contributed by atoms with Crippen molar-refractivity contribution in [2.45, 2.75) is 32.4 Å². The third-order valence-electron chi connectivity index (χ3n) is 3.06. The van der Waals surface area contributed by atoms with Crippen LogP contribution in [0.2, 0.25) is 0 Å². The van der Waals surface area contributed by atoms with E-state index in [9.17, 15) is 4.79 Å². The molecule has 1 atom stereocenters. The summed E-state index contributed by atoms with van der Waals surface area (Å²) in [5.41, 5.74) is 0.467. The smallest absolute Gasteiger partial charge is 0.271 e. The largest absolute Gasteiger partial charge is 0.383 e. The predicted octanol–water partition coefficient (Wildman–Crippen LogP) is 0.853. The van der Waals surface area contributed by atoms with Crippen LogP contribution in [0.4, 0.5) is 5.95 Å². The lowest BCUT2D eigenvalue weighted by molar-refractivity contribution is 0.0890. The average molecular weight is 252 g/mol. The van der Waals surface area contributed by atoms with Crippen molar-refractivity contribution in [1.29, 1.82) is 0 Å². The van der Waals surface area contributed by atoms with Crippen LogP contribution in [0.5, 0.6) is 0 Å². The van der Waals surface area contributed by atoms with Gasteiger partial charge >= 0.3 is 0 Å². The van der Waals surface area contributed by atoms with Gasteiger partial charge in [0.25, 0.3) is 5.91 Å². The second-order valence-electron chi connectivity index (χ2n) is 4.46. The van der Waals surface area contributed by atoms with Crippen LogP contribution in [0.25, 0.3) is 0 Å². The number of ether oxygens (including phenoxy) is 1. The van der Waals surface area contributed by atoms with E-state index in [0.717, 1.165) is 31.9 Å². The van der Waals surface area contributed by atoms with Gasteiger partial charge in [-0.1, -0.05) is 6.92 Å². The van der Waals surface area contributed by atoms with Crippen molar-refractivity contribution in [2.75, 3.05) is 25.6 Å². The molecule has 0 saturated carbocycles. The van der Waals surface area contributed by atoms with Gasteiger partial charge in [-0.2, -0.15) is 0 Å². The molecule has 0 aliphatic carbocycles. The first-order valence-electron chi connectivity index (χ1n) is 6.35. The molecule has 2 heterocycles. The Hall–Kier alpha value is -1.56. The van der Waals surface area contributed by atoms with Crippen molar-refractivity contribution in [2.24, 2.45) is 0 Å². The zero-order chi connectivity index (χ0) is 13.0. The fourth-order valence-corrected chi connectivity index (χ4v) is 2.01. The Balaban J connectivity index is 2.02. The quantitative estimate of drug-likeness (QED) is 0.815. The lowest BCUT2D eigenvalue weighted by atomic mass is 10.2. The van der Waals surface area contributed by atoms with Gasteiger partial charge in [0.1, 0.15) is 5.69 Å². The first-order valence-corrected chi connectivity index (χ1v) is 6.35. The van der Waals surface area contributed by atoms with Crippen molar-refractivity contribution >= 4 is 11.9 Å². The van der Waals surface area contributed by atoms with Crippen LogP contribution in [0.3, 0.4) is 0 Å². The number of hydrogen-bond donors (Lipinski definition) is 2. The molecule has 1 aromatic rings. The molecule has 0 saturated heterocycles. The summed E-state index contributed by atoms with van der Waals surface area (Å²) in [6.07, 6.45) is 3.70. The minimum Gasteiger partial charge on any atom is -0.383 e. The van der Waals surface area contributed by atoms with E-state index in [-0.39, 0.29) is 11.9 Å². The van der Waals surface area contributed by atoms with Crippen molar-refractivity contribution in [3.8, 4) is 0 Å². The van der Waals surface area contributed by atoms with E-state index in [1.165, 1.54) is 0 Å². The molecule has 0 aromatic carbocycles. The third-order valence-corrected chi connectivity index (χ3v) is 3.06. The first-order chi connectivity index (χ1) is 8.74.